The quantitative estimate of drug-likeness (QED) is 0.171. The van der Waals surface area contributed by atoms with Crippen molar-refractivity contribution in [2.24, 2.45) is 0 Å². The van der Waals surface area contributed by atoms with Gasteiger partial charge in [0, 0.05) is 27.5 Å². The van der Waals surface area contributed by atoms with Gasteiger partial charge in [-0.15, -0.1) is 0 Å². The van der Waals surface area contributed by atoms with E-state index in [1.807, 2.05) is 0 Å². The molecule has 3 aliphatic carbocycles. The molecule has 46 heavy (non-hydrogen) atoms. The molecule has 0 bridgehead atoms. The average molecular weight is 585 g/mol. The number of hydrogen-bond donors (Lipinski definition) is 2. The molecule has 11 rings (SSSR count). The summed E-state index contributed by atoms with van der Waals surface area (Å²) in [7, 11) is 0. The van der Waals surface area contributed by atoms with Gasteiger partial charge in [0.15, 0.2) is 0 Å². The van der Waals surface area contributed by atoms with E-state index in [1.165, 1.54) is 83.1 Å². The lowest BCUT2D eigenvalue weighted by molar-refractivity contribution is 0.633. The summed E-state index contributed by atoms with van der Waals surface area (Å²) < 4.78 is 0. The zero-order valence-electron chi connectivity index (χ0n) is 25.0. The monoisotopic (exact) mass is 584 g/mol. The maximum absolute atomic E-state index is 6.60. The molecular formula is C44H28N2. The predicted octanol–water partition coefficient (Wildman–Crippen LogP) is 9.94. The molecule has 0 saturated heterocycles. The number of anilines is 1. The smallest absolute Gasteiger partial charge is 0.0720 e. The van der Waals surface area contributed by atoms with Crippen molar-refractivity contribution in [2.75, 3.05) is 5.73 Å². The average Bonchev–Trinajstić information content (AvgIpc) is 3.73. The second-order valence-corrected chi connectivity index (χ2v) is 13.1. The summed E-state index contributed by atoms with van der Waals surface area (Å²) in [5.41, 5.74) is 24.5. The van der Waals surface area contributed by atoms with Gasteiger partial charge < -0.3 is 10.7 Å². The molecule has 3 N–H and O–H groups in total. The van der Waals surface area contributed by atoms with Crippen LogP contribution in [0.15, 0.2) is 152 Å². The summed E-state index contributed by atoms with van der Waals surface area (Å²) in [6, 6.07) is 56.5. The zero-order valence-corrected chi connectivity index (χ0v) is 25.0. The molecule has 0 aliphatic heterocycles. The first kappa shape index (κ1) is 24.5. The summed E-state index contributed by atoms with van der Waals surface area (Å²) in [5.74, 6) is 0. The number of para-hydroxylation sites is 1. The molecule has 0 saturated carbocycles. The molecule has 0 radical (unpaired) electrons. The molecule has 0 unspecified atom stereocenters. The molecule has 8 aromatic rings. The van der Waals surface area contributed by atoms with Crippen molar-refractivity contribution in [3.05, 3.63) is 196 Å². The van der Waals surface area contributed by atoms with E-state index >= 15 is 0 Å². The van der Waals surface area contributed by atoms with E-state index in [9.17, 15) is 0 Å². The molecule has 0 amide bonds. The second-order valence-electron chi connectivity index (χ2n) is 13.1. The highest BCUT2D eigenvalue weighted by molar-refractivity contribution is 6.14. The largest absolute Gasteiger partial charge is 0.399 e. The van der Waals surface area contributed by atoms with Crippen LogP contribution >= 0.6 is 0 Å². The minimum atomic E-state index is -0.519. The number of H-pyrrole nitrogens is 1. The van der Waals surface area contributed by atoms with Crippen LogP contribution in [0.4, 0.5) is 5.69 Å². The molecule has 3 aliphatic rings. The molecule has 2 heteroatoms. The molecule has 1 aromatic heterocycles. The first-order valence-electron chi connectivity index (χ1n) is 16.1. The summed E-state index contributed by atoms with van der Waals surface area (Å²) in [4.78, 5) is 3.84. The van der Waals surface area contributed by atoms with Gasteiger partial charge in [0.2, 0.25) is 0 Å². The summed E-state index contributed by atoms with van der Waals surface area (Å²) in [6.07, 6.45) is 0. The Hall–Kier alpha value is -5.86. The Morgan fingerprint density at radius 1 is 0.391 bits per heavy atom. The normalized spacial score (nSPS) is 15.4. The number of fused-ring (bicyclic) bond motifs is 20. The number of aromatic amines is 1. The molecule has 7 aromatic carbocycles. The van der Waals surface area contributed by atoms with Gasteiger partial charge >= 0.3 is 0 Å². The van der Waals surface area contributed by atoms with Crippen molar-refractivity contribution in [1.29, 1.82) is 0 Å². The highest BCUT2D eigenvalue weighted by Crippen LogP contribution is 2.67. The number of rotatable bonds is 0. The van der Waals surface area contributed by atoms with Crippen LogP contribution in [0.3, 0.4) is 0 Å². The van der Waals surface area contributed by atoms with Gasteiger partial charge in [-0.05, 0) is 79.4 Å². The molecule has 2 nitrogen and oxygen atoms in total. The number of benzene rings is 7. The minimum Gasteiger partial charge on any atom is -0.399 e. The summed E-state index contributed by atoms with van der Waals surface area (Å²) in [5, 5.41) is 2.49. The lowest BCUT2D eigenvalue weighted by Gasteiger charge is -2.48. The zero-order chi connectivity index (χ0) is 30.2. The topological polar surface area (TPSA) is 41.8 Å². The number of nitrogens with one attached hydrogen (secondary N) is 1. The van der Waals surface area contributed by atoms with Gasteiger partial charge in [-0.1, -0.05) is 133 Å². The Bertz CT molecular complexity index is 2520. The lowest BCUT2D eigenvalue weighted by Crippen LogP contribution is -2.43. The molecular weight excluding hydrogens is 556 g/mol. The van der Waals surface area contributed by atoms with Gasteiger partial charge in [-0.2, -0.15) is 0 Å². The van der Waals surface area contributed by atoms with Crippen LogP contribution in [-0.2, 0) is 10.8 Å². The maximum Gasteiger partial charge on any atom is 0.0720 e. The van der Waals surface area contributed by atoms with E-state index in [-0.39, 0.29) is 0 Å². The lowest BCUT2D eigenvalue weighted by atomic mass is 9.52. The highest BCUT2D eigenvalue weighted by atomic mass is 14.7. The van der Waals surface area contributed by atoms with Crippen molar-refractivity contribution >= 4 is 27.5 Å². The first-order valence-corrected chi connectivity index (χ1v) is 16.1. The predicted molar refractivity (Wildman–Crippen MR) is 188 cm³/mol. The van der Waals surface area contributed by atoms with Gasteiger partial charge in [-0.3, -0.25) is 0 Å². The van der Waals surface area contributed by atoms with E-state index in [2.05, 4.69) is 157 Å². The second kappa shape index (κ2) is 8.24. The fourth-order valence-corrected chi connectivity index (χ4v) is 9.71. The third-order valence-electron chi connectivity index (χ3n) is 11.2. The van der Waals surface area contributed by atoms with Crippen molar-refractivity contribution in [3.8, 4) is 22.3 Å². The standard InChI is InChI=1S/C44H28N2/c45-26-21-23-34-31(25-26)41-39(24-22-30-29-13-3-10-20-40(29)46-42(30)41)44(34)37-18-8-6-16-35(37)43(36-17-7-9-19-38(36)44)32-14-4-1-11-27(32)28-12-2-5-15-33(28)43/h1-25,46H,45H2. The van der Waals surface area contributed by atoms with Gasteiger partial charge in [-0.25, -0.2) is 0 Å². The maximum atomic E-state index is 6.60. The SMILES string of the molecule is Nc1ccc2c(c1)-c1c(ccc3c1[nH]c1ccccc13)C21c2ccccc2C2(c3ccccc3-c3ccccc32)c2ccccc21. The van der Waals surface area contributed by atoms with Gasteiger partial charge in [0.25, 0.3) is 0 Å². The Balaban J connectivity index is 1.36. The molecule has 1 heterocycles. The van der Waals surface area contributed by atoms with Crippen LogP contribution in [0.25, 0.3) is 44.1 Å². The van der Waals surface area contributed by atoms with Crippen LogP contribution in [0, 0.1) is 0 Å². The van der Waals surface area contributed by atoms with E-state index in [4.69, 9.17) is 5.73 Å². The third kappa shape index (κ3) is 2.57. The van der Waals surface area contributed by atoms with Crippen molar-refractivity contribution in [3.63, 3.8) is 0 Å². The van der Waals surface area contributed by atoms with E-state index in [1.54, 1.807) is 0 Å². The minimum absolute atomic E-state index is 0.437. The summed E-state index contributed by atoms with van der Waals surface area (Å²) >= 11 is 0. The van der Waals surface area contributed by atoms with E-state index in [0.29, 0.717) is 0 Å². The van der Waals surface area contributed by atoms with Gasteiger partial charge in [0.1, 0.15) is 0 Å². The van der Waals surface area contributed by atoms with Crippen LogP contribution in [0.1, 0.15) is 44.5 Å². The van der Waals surface area contributed by atoms with E-state index < -0.39 is 10.8 Å². The van der Waals surface area contributed by atoms with Crippen molar-refractivity contribution in [1.82, 2.24) is 4.98 Å². The van der Waals surface area contributed by atoms with Crippen LogP contribution < -0.4 is 5.73 Å². The highest BCUT2D eigenvalue weighted by Gasteiger charge is 2.59. The Kier molecular flexibility index (Phi) is 4.38. The van der Waals surface area contributed by atoms with Gasteiger partial charge in [0.05, 0.1) is 16.3 Å². The number of nitrogens with two attached hydrogens (primary N) is 1. The first-order chi connectivity index (χ1) is 22.7. The van der Waals surface area contributed by atoms with Crippen LogP contribution in [0.5, 0.6) is 0 Å². The van der Waals surface area contributed by atoms with Crippen LogP contribution in [0.2, 0.25) is 0 Å². The number of aromatic nitrogens is 1. The molecule has 214 valence electrons. The molecule has 0 fully saturated rings. The van der Waals surface area contributed by atoms with Crippen molar-refractivity contribution < 1.29 is 0 Å². The summed E-state index contributed by atoms with van der Waals surface area (Å²) in [6.45, 7) is 0. The third-order valence-corrected chi connectivity index (χ3v) is 11.2. The van der Waals surface area contributed by atoms with E-state index in [0.717, 1.165) is 11.2 Å². The fraction of sp³-hybridized carbons (Fsp3) is 0.0455. The Morgan fingerprint density at radius 2 is 0.870 bits per heavy atom. The number of hydrogen-bond acceptors (Lipinski definition) is 1. The molecule has 0 atom stereocenters. The number of nitrogen functional groups attached to an aromatic ring is 1. The fourth-order valence-electron chi connectivity index (χ4n) is 9.71. The molecule has 2 spiro atoms. The Morgan fingerprint density at radius 3 is 1.50 bits per heavy atom. The Labute approximate surface area is 266 Å². The van der Waals surface area contributed by atoms with Crippen LogP contribution in [-0.4, -0.2) is 4.98 Å². The van der Waals surface area contributed by atoms with Crippen molar-refractivity contribution in [2.45, 2.75) is 10.8 Å².